The summed E-state index contributed by atoms with van der Waals surface area (Å²) in [5.74, 6) is -1.44. The molecule has 0 bridgehead atoms. The highest BCUT2D eigenvalue weighted by atomic mass is 19.1. The maximum absolute atomic E-state index is 13.4. The van der Waals surface area contributed by atoms with Crippen molar-refractivity contribution in [2.75, 3.05) is 5.32 Å². The normalized spacial score (nSPS) is 23.3. The maximum atomic E-state index is 13.4. The van der Waals surface area contributed by atoms with E-state index in [1.807, 2.05) is 6.07 Å². The Morgan fingerprint density at radius 3 is 2.47 bits per heavy atom. The van der Waals surface area contributed by atoms with Gasteiger partial charge in [0.25, 0.3) is 5.91 Å². The number of nitrogens with zero attached hydrogens (tertiary/aromatic N) is 1. The minimum Gasteiger partial charge on any atom is -0.349 e. The molecular formula is C23H24FN3O3. The topological polar surface area (TPSA) is 78.5 Å². The summed E-state index contributed by atoms with van der Waals surface area (Å²) in [6, 6.07) is 13.1. The Labute approximate surface area is 174 Å². The number of para-hydroxylation sites is 1. The molecule has 2 aliphatic rings. The second kappa shape index (κ2) is 8.65. The van der Waals surface area contributed by atoms with Gasteiger partial charge in [0.1, 0.15) is 11.9 Å². The van der Waals surface area contributed by atoms with Gasteiger partial charge in [-0.1, -0.05) is 31.0 Å². The molecule has 2 aromatic rings. The number of hydrogen-bond acceptors (Lipinski definition) is 3. The molecule has 30 heavy (non-hydrogen) atoms. The number of rotatable bonds is 4. The van der Waals surface area contributed by atoms with Crippen LogP contribution >= 0.6 is 0 Å². The average Bonchev–Trinajstić information content (AvgIpc) is 2.75. The Morgan fingerprint density at radius 1 is 1.03 bits per heavy atom. The van der Waals surface area contributed by atoms with Crippen LogP contribution in [0.5, 0.6) is 0 Å². The summed E-state index contributed by atoms with van der Waals surface area (Å²) in [5.41, 5.74) is 0.939. The molecule has 6 nitrogen and oxygen atoms in total. The second-order valence-electron chi connectivity index (χ2n) is 7.82. The Bertz CT molecular complexity index is 932. The van der Waals surface area contributed by atoms with Crippen LogP contribution in [0.15, 0.2) is 54.6 Å². The van der Waals surface area contributed by atoms with Crippen LogP contribution in [-0.4, -0.2) is 40.7 Å². The van der Waals surface area contributed by atoms with E-state index in [0.29, 0.717) is 11.3 Å². The predicted molar refractivity (Wildman–Crippen MR) is 110 cm³/mol. The van der Waals surface area contributed by atoms with E-state index in [2.05, 4.69) is 10.6 Å². The van der Waals surface area contributed by atoms with E-state index in [9.17, 15) is 18.8 Å². The number of amides is 3. The number of fused-ring (bicyclic) bond motifs is 1. The van der Waals surface area contributed by atoms with Crippen molar-refractivity contribution in [3.63, 3.8) is 0 Å². The van der Waals surface area contributed by atoms with E-state index in [0.717, 1.165) is 25.7 Å². The lowest BCUT2D eigenvalue weighted by Crippen LogP contribution is -2.68. The first-order valence-electron chi connectivity index (χ1n) is 10.3. The molecule has 0 unspecified atom stereocenters. The fourth-order valence-electron chi connectivity index (χ4n) is 4.38. The van der Waals surface area contributed by atoms with E-state index < -0.39 is 11.9 Å². The lowest BCUT2D eigenvalue weighted by Gasteiger charge is -2.48. The number of carbonyl (C=O) groups excluding carboxylic acids is 3. The summed E-state index contributed by atoms with van der Waals surface area (Å²) in [4.78, 5) is 40.5. The van der Waals surface area contributed by atoms with Gasteiger partial charge in [-0.2, -0.15) is 0 Å². The zero-order chi connectivity index (χ0) is 21.1. The molecule has 2 aromatic carbocycles. The first-order valence-corrected chi connectivity index (χ1v) is 10.3. The van der Waals surface area contributed by atoms with Gasteiger partial charge in [-0.05, 0) is 49.2 Å². The molecule has 0 spiro atoms. The van der Waals surface area contributed by atoms with Gasteiger partial charge in [0.2, 0.25) is 11.8 Å². The summed E-state index contributed by atoms with van der Waals surface area (Å²) >= 11 is 0. The van der Waals surface area contributed by atoms with Gasteiger partial charge in [0.15, 0.2) is 0 Å². The summed E-state index contributed by atoms with van der Waals surface area (Å²) in [6.07, 6.45) is 3.35. The molecule has 7 heteroatoms. The van der Waals surface area contributed by atoms with Crippen LogP contribution in [0.4, 0.5) is 10.1 Å². The molecule has 1 aliphatic carbocycles. The summed E-state index contributed by atoms with van der Waals surface area (Å²) in [5, 5.41) is 5.79. The molecule has 1 aliphatic heterocycles. The van der Waals surface area contributed by atoms with Crippen molar-refractivity contribution in [1.29, 1.82) is 0 Å². The van der Waals surface area contributed by atoms with Crippen molar-refractivity contribution in [2.45, 2.75) is 50.2 Å². The van der Waals surface area contributed by atoms with Gasteiger partial charge < -0.3 is 15.5 Å². The van der Waals surface area contributed by atoms with Crippen LogP contribution in [0.3, 0.4) is 0 Å². The zero-order valence-corrected chi connectivity index (χ0v) is 16.5. The molecular weight excluding hydrogens is 385 g/mol. The molecule has 4 rings (SSSR count). The van der Waals surface area contributed by atoms with Crippen LogP contribution in [0, 0.1) is 5.82 Å². The van der Waals surface area contributed by atoms with Crippen molar-refractivity contribution in [3.8, 4) is 0 Å². The fraction of sp³-hybridized carbons (Fsp3) is 0.348. The number of piperazine rings is 1. The van der Waals surface area contributed by atoms with Crippen molar-refractivity contribution in [1.82, 2.24) is 10.2 Å². The lowest BCUT2D eigenvalue weighted by atomic mass is 9.84. The SMILES string of the molecule is O=C(C[C@@H]1C(=O)N[C@@H]2CCCC[C@@H]2N1C(=O)c1ccc(F)cc1)Nc1ccccc1. The smallest absolute Gasteiger partial charge is 0.254 e. The minimum atomic E-state index is -0.911. The van der Waals surface area contributed by atoms with Crippen molar-refractivity contribution >= 4 is 23.4 Å². The second-order valence-corrected chi connectivity index (χ2v) is 7.82. The zero-order valence-electron chi connectivity index (χ0n) is 16.5. The molecule has 1 heterocycles. The average molecular weight is 409 g/mol. The van der Waals surface area contributed by atoms with Gasteiger partial charge in [-0.3, -0.25) is 14.4 Å². The van der Waals surface area contributed by atoms with Crippen molar-refractivity contribution in [2.24, 2.45) is 0 Å². The Morgan fingerprint density at radius 2 is 1.73 bits per heavy atom. The first-order chi connectivity index (χ1) is 14.5. The Hall–Kier alpha value is -3.22. The third-order valence-electron chi connectivity index (χ3n) is 5.81. The van der Waals surface area contributed by atoms with Gasteiger partial charge in [0.05, 0.1) is 12.5 Å². The third-order valence-corrected chi connectivity index (χ3v) is 5.81. The summed E-state index contributed by atoms with van der Waals surface area (Å²) in [6.45, 7) is 0. The number of benzene rings is 2. The van der Waals surface area contributed by atoms with E-state index in [1.165, 1.54) is 24.3 Å². The van der Waals surface area contributed by atoms with Crippen LogP contribution in [0.1, 0.15) is 42.5 Å². The monoisotopic (exact) mass is 409 g/mol. The highest BCUT2D eigenvalue weighted by molar-refractivity contribution is 6.01. The lowest BCUT2D eigenvalue weighted by molar-refractivity contribution is -0.135. The molecule has 2 fully saturated rings. The van der Waals surface area contributed by atoms with E-state index in [4.69, 9.17) is 0 Å². The quantitative estimate of drug-likeness (QED) is 0.815. The third kappa shape index (κ3) is 4.20. The molecule has 2 N–H and O–H groups in total. The number of hydrogen-bond donors (Lipinski definition) is 2. The van der Waals surface area contributed by atoms with Gasteiger partial charge in [-0.25, -0.2) is 4.39 Å². The van der Waals surface area contributed by atoms with Gasteiger partial charge in [0, 0.05) is 17.3 Å². The minimum absolute atomic E-state index is 0.121. The fourth-order valence-corrected chi connectivity index (χ4v) is 4.38. The molecule has 3 atom stereocenters. The highest BCUT2D eigenvalue weighted by Gasteiger charge is 2.46. The molecule has 1 saturated carbocycles. The van der Waals surface area contributed by atoms with Gasteiger partial charge >= 0.3 is 0 Å². The molecule has 0 aromatic heterocycles. The number of nitrogens with one attached hydrogen (secondary N) is 2. The number of anilines is 1. The van der Waals surface area contributed by atoms with Crippen molar-refractivity contribution < 1.29 is 18.8 Å². The van der Waals surface area contributed by atoms with E-state index >= 15 is 0 Å². The van der Waals surface area contributed by atoms with Crippen LogP contribution in [0.2, 0.25) is 0 Å². The standard InChI is InChI=1S/C23H24FN3O3/c24-16-12-10-15(11-13-16)23(30)27-19-9-5-4-8-18(19)26-22(29)20(27)14-21(28)25-17-6-2-1-3-7-17/h1-3,6-7,10-13,18-20H,4-5,8-9,14H2,(H,25,28)(H,26,29)/t18-,19+,20-/m1/s1. The largest absolute Gasteiger partial charge is 0.349 e. The summed E-state index contributed by atoms with van der Waals surface area (Å²) in [7, 11) is 0. The molecule has 156 valence electrons. The maximum Gasteiger partial charge on any atom is 0.254 e. The number of carbonyl (C=O) groups is 3. The first kappa shape index (κ1) is 20.1. The van der Waals surface area contributed by atoms with E-state index in [-0.39, 0.29) is 36.2 Å². The van der Waals surface area contributed by atoms with Crippen LogP contribution in [-0.2, 0) is 9.59 Å². The van der Waals surface area contributed by atoms with E-state index in [1.54, 1.807) is 29.2 Å². The molecule has 0 radical (unpaired) electrons. The Balaban J connectivity index is 1.60. The summed E-state index contributed by atoms with van der Waals surface area (Å²) < 4.78 is 13.3. The highest BCUT2D eigenvalue weighted by Crippen LogP contribution is 2.31. The number of halogens is 1. The van der Waals surface area contributed by atoms with Crippen LogP contribution in [0.25, 0.3) is 0 Å². The predicted octanol–water partition coefficient (Wildman–Crippen LogP) is 3.11. The van der Waals surface area contributed by atoms with Crippen LogP contribution < -0.4 is 10.6 Å². The van der Waals surface area contributed by atoms with Crippen molar-refractivity contribution in [3.05, 3.63) is 66.0 Å². The molecule has 3 amide bonds. The van der Waals surface area contributed by atoms with Gasteiger partial charge in [-0.15, -0.1) is 0 Å². The molecule has 1 saturated heterocycles. The Kier molecular flexibility index (Phi) is 5.79.